The largest absolute Gasteiger partial charge is 1.00 e. The van der Waals surface area contributed by atoms with Gasteiger partial charge in [-0.1, -0.05) is 34.6 Å². The maximum atomic E-state index is 12.5. The van der Waals surface area contributed by atoms with Gasteiger partial charge in [0, 0.05) is 17.8 Å². The summed E-state index contributed by atoms with van der Waals surface area (Å²) < 4.78 is 24.4. The smallest absolute Gasteiger partial charge is 0.303 e. The van der Waals surface area contributed by atoms with Crippen molar-refractivity contribution in [1.29, 1.82) is 0 Å². The summed E-state index contributed by atoms with van der Waals surface area (Å²) in [5, 5.41) is 54.3. The van der Waals surface area contributed by atoms with Crippen LogP contribution in [-0.2, 0) is 23.7 Å². The number of halogens is 1. The molecule has 2 spiro atoms. The minimum atomic E-state index is -1.31. The molecule has 5 aliphatic carbocycles. The number of aliphatic hydroxyl groups is 5. The Morgan fingerprint density at radius 2 is 1.60 bits per heavy atom. The Kier molecular flexibility index (Phi) is 9.10. The Morgan fingerprint density at radius 1 is 0.958 bits per heavy atom. The normalized spacial score (nSPS) is 51.1. The third-order valence-electron chi connectivity index (χ3n) is 15.3. The predicted octanol–water partition coefficient (Wildman–Crippen LogP) is 0.600. The summed E-state index contributed by atoms with van der Waals surface area (Å²) in [4.78, 5) is 12.0. The zero-order valence-electron chi connectivity index (χ0n) is 29.9. The van der Waals surface area contributed by atoms with Crippen molar-refractivity contribution in [3.05, 3.63) is 11.3 Å². The lowest BCUT2D eigenvalue weighted by Crippen LogP contribution is -3.00. The quantitative estimate of drug-likeness (QED) is 0.152. The van der Waals surface area contributed by atoms with Crippen molar-refractivity contribution in [2.45, 2.75) is 161 Å². The van der Waals surface area contributed by atoms with E-state index in [2.05, 4.69) is 34.6 Å². The van der Waals surface area contributed by atoms with Crippen molar-refractivity contribution in [3.63, 3.8) is 0 Å². The lowest BCUT2D eigenvalue weighted by molar-refractivity contribution is -0.303. The molecule has 0 aromatic heterocycles. The molecule has 0 aromatic carbocycles. The number of carbonyl (C=O) groups is 1. The van der Waals surface area contributed by atoms with E-state index >= 15 is 0 Å². The first-order valence-electron chi connectivity index (χ1n) is 18.1. The van der Waals surface area contributed by atoms with Gasteiger partial charge in [0.15, 0.2) is 12.4 Å². The molecule has 1 saturated heterocycles. The zero-order chi connectivity index (χ0) is 34.3. The van der Waals surface area contributed by atoms with Gasteiger partial charge in [-0.05, 0) is 105 Å². The van der Waals surface area contributed by atoms with Crippen molar-refractivity contribution >= 4 is 5.97 Å². The van der Waals surface area contributed by atoms with Crippen LogP contribution >= 0.6 is 0 Å². The van der Waals surface area contributed by atoms with Crippen molar-refractivity contribution < 1.29 is 73.3 Å². The van der Waals surface area contributed by atoms with E-state index in [4.69, 9.17) is 18.9 Å². The molecule has 0 amide bonds. The van der Waals surface area contributed by atoms with Gasteiger partial charge < -0.3 is 68.5 Å². The minimum absolute atomic E-state index is 0. The first kappa shape index (κ1) is 37.2. The summed E-state index contributed by atoms with van der Waals surface area (Å²) in [6.07, 6.45) is 0.627. The van der Waals surface area contributed by atoms with E-state index in [1.807, 2.05) is 0 Å². The van der Waals surface area contributed by atoms with Crippen LogP contribution < -0.4 is 24.0 Å². The molecule has 5 fully saturated rings. The molecule has 0 aromatic rings. The van der Waals surface area contributed by atoms with Gasteiger partial charge in [-0.2, -0.15) is 0 Å². The summed E-state index contributed by atoms with van der Waals surface area (Å²) in [6, 6.07) is 0. The molecule has 0 bridgehead atoms. The first-order valence-corrected chi connectivity index (χ1v) is 18.1. The third-order valence-corrected chi connectivity index (χ3v) is 15.3. The van der Waals surface area contributed by atoms with Crippen LogP contribution in [0.5, 0.6) is 0 Å². The number of carbonyl (C=O) groups excluding carboxylic acids is 1. The number of aliphatic hydroxyl groups excluding tert-OH is 4. The van der Waals surface area contributed by atoms with E-state index in [-0.39, 0.29) is 64.3 Å². The average molecular weight is 790 g/mol. The minimum Gasteiger partial charge on any atom is -1.00 e. The highest BCUT2D eigenvalue weighted by Crippen LogP contribution is 2.89. The first-order chi connectivity index (χ1) is 21.8. The molecule has 2 heterocycles. The Labute approximate surface area is 302 Å². The Hall–Kier alpha value is -0.540. The van der Waals surface area contributed by atoms with Crippen LogP contribution in [0.3, 0.4) is 0 Å². The van der Waals surface area contributed by atoms with Crippen molar-refractivity contribution in [1.82, 2.24) is 0 Å². The lowest BCUT2D eigenvalue weighted by atomic mass is 9.41. The fourth-order valence-corrected chi connectivity index (χ4v) is 13.0. The molecule has 7 rings (SSSR count). The van der Waals surface area contributed by atoms with E-state index in [1.165, 1.54) is 12.5 Å². The summed E-state index contributed by atoms with van der Waals surface area (Å²) in [5.74, 6) is 1.00. The van der Waals surface area contributed by atoms with Gasteiger partial charge in [-0.3, -0.25) is 4.79 Å². The standard InChI is InChI=1S/C37H58O10.HI/c1-18-15-21(30(33(5,6)43)45-19(2)38)46-28-25(18)34(7)13-14-37-17-36(37)12-11-24(47-31-27(41)26(40)20(39)16-44-31)32(3,4)22(36)9-10-23(37)35(34,8)29(28)42;/h18,20-24,26-27,29-31,39-43H,9-17H2,1-8H3;1H/p-1/t18-,20+,21-,22+,23+,24+,26+,27-,29+,30-,31+,34-,35-,36-,37+;/m1./s1. The highest BCUT2D eigenvalue weighted by Gasteiger charge is 2.83. The molecule has 7 aliphatic rings. The van der Waals surface area contributed by atoms with Crippen LogP contribution in [0.15, 0.2) is 11.3 Å². The van der Waals surface area contributed by atoms with Crippen LogP contribution in [0, 0.1) is 44.8 Å². The van der Waals surface area contributed by atoms with Gasteiger partial charge in [0.05, 0.1) is 18.3 Å². The second-order valence-electron chi connectivity index (χ2n) is 18.2. The second kappa shape index (κ2) is 11.7. The number of ether oxygens (including phenoxy) is 4. The van der Waals surface area contributed by atoms with Crippen molar-refractivity contribution in [3.8, 4) is 0 Å². The second-order valence-corrected chi connectivity index (χ2v) is 18.2. The molecule has 0 unspecified atom stereocenters. The van der Waals surface area contributed by atoms with E-state index in [9.17, 15) is 30.3 Å². The summed E-state index contributed by atoms with van der Waals surface area (Å²) in [5.41, 5.74) is -0.669. The number of rotatable bonds is 5. The molecule has 10 nitrogen and oxygen atoms in total. The molecule has 274 valence electrons. The number of esters is 1. The molecular formula is C37H58IO10-. The SMILES string of the molecule is CC(=O)O[C@H]([C@H]1C[C@@H](C)C2=C(O1)[C@H](O)[C@@]1(C)[C@@H]3CC[C@H]4C(C)(C)[C@@H](O[C@@H]5OC[C@H](O)[C@H](O)[C@H]5O)CC[C@@]45C[C@@]35CC[C@]21C)C(C)(C)O.[I-]. The Bertz CT molecular complexity index is 1330. The lowest BCUT2D eigenvalue weighted by Gasteiger charge is -2.63. The average Bonchev–Trinajstić information content (AvgIpc) is 3.61. The molecular weight excluding hydrogens is 731 g/mol. The molecule has 15 atom stereocenters. The van der Waals surface area contributed by atoms with E-state index in [0.29, 0.717) is 24.0 Å². The molecule has 2 aliphatic heterocycles. The molecule has 4 saturated carbocycles. The van der Waals surface area contributed by atoms with Gasteiger partial charge in [0.25, 0.3) is 0 Å². The van der Waals surface area contributed by atoms with Crippen LogP contribution in [-0.4, -0.2) is 92.7 Å². The fraction of sp³-hybridized carbons (Fsp3) is 0.919. The number of hydrogen-bond donors (Lipinski definition) is 5. The number of fused-ring (bicyclic) bond motifs is 3. The van der Waals surface area contributed by atoms with Crippen LogP contribution in [0.2, 0.25) is 0 Å². The molecule has 5 N–H and O–H groups in total. The highest BCUT2D eigenvalue weighted by molar-refractivity contribution is 5.66. The Morgan fingerprint density at radius 3 is 2.25 bits per heavy atom. The zero-order valence-corrected chi connectivity index (χ0v) is 32.0. The van der Waals surface area contributed by atoms with Gasteiger partial charge in [0.1, 0.15) is 36.3 Å². The van der Waals surface area contributed by atoms with E-state index in [0.717, 1.165) is 44.9 Å². The van der Waals surface area contributed by atoms with Crippen LogP contribution in [0.25, 0.3) is 0 Å². The predicted molar refractivity (Wildman–Crippen MR) is 170 cm³/mol. The van der Waals surface area contributed by atoms with Gasteiger partial charge in [0.2, 0.25) is 0 Å². The third kappa shape index (κ3) is 4.83. The van der Waals surface area contributed by atoms with Crippen molar-refractivity contribution in [2.75, 3.05) is 6.61 Å². The number of hydrogen-bond acceptors (Lipinski definition) is 10. The molecule has 11 heteroatoms. The van der Waals surface area contributed by atoms with E-state index < -0.39 is 59.9 Å². The van der Waals surface area contributed by atoms with Gasteiger partial charge in [-0.25, -0.2) is 0 Å². The monoisotopic (exact) mass is 789 g/mol. The van der Waals surface area contributed by atoms with Gasteiger partial charge in [-0.15, -0.1) is 0 Å². The van der Waals surface area contributed by atoms with Crippen LogP contribution in [0.4, 0.5) is 0 Å². The summed E-state index contributed by atoms with van der Waals surface area (Å²) in [6.45, 7) is 16.0. The van der Waals surface area contributed by atoms with Crippen molar-refractivity contribution in [2.24, 2.45) is 44.8 Å². The molecule has 48 heavy (non-hydrogen) atoms. The maximum Gasteiger partial charge on any atom is 0.303 e. The van der Waals surface area contributed by atoms with Gasteiger partial charge >= 0.3 is 5.97 Å². The topological polar surface area (TPSA) is 155 Å². The molecule has 0 radical (unpaired) electrons. The summed E-state index contributed by atoms with van der Waals surface area (Å²) >= 11 is 0. The maximum absolute atomic E-state index is 12.5. The Balaban J connectivity index is 0.00000401. The van der Waals surface area contributed by atoms with E-state index in [1.54, 1.807) is 13.8 Å². The summed E-state index contributed by atoms with van der Waals surface area (Å²) in [7, 11) is 0. The number of allylic oxidation sites excluding steroid dienone is 1. The fourth-order valence-electron chi connectivity index (χ4n) is 13.0. The van der Waals surface area contributed by atoms with Crippen LogP contribution in [0.1, 0.15) is 107 Å². The highest BCUT2D eigenvalue weighted by atomic mass is 127.